The van der Waals surface area contributed by atoms with Crippen molar-refractivity contribution >= 4 is 44.4 Å². The molecule has 2 heteroatoms. The van der Waals surface area contributed by atoms with Crippen molar-refractivity contribution in [2.24, 2.45) is 0 Å². The van der Waals surface area contributed by atoms with Crippen molar-refractivity contribution in [3.8, 4) is 16.8 Å². The summed E-state index contributed by atoms with van der Waals surface area (Å²) in [7, 11) is 0. The highest BCUT2D eigenvalue weighted by Gasteiger charge is 2.59. The van der Waals surface area contributed by atoms with Gasteiger partial charge < -0.3 is 9.47 Å². The first-order chi connectivity index (χ1) is 34.7. The molecule has 10 aromatic carbocycles. The molecule has 11 aromatic rings. The molecule has 0 spiro atoms. The molecule has 14 rings (SSSR count). The predicted molar refractivity (Wildman–Crippen MR) is 291 cm³/mol. The Labute approximate surface area is 409 Å². The summed E-state index contributed by atoms with van der Waals surface area (Å²) in [6, 6.07) is 97.2. The second-order valence-electron chi connectivity index (χ2n) is 19.0. The number of hydrogen-bond donors (Lipinski definition) is 0. The number of aromatic nitrogens is 1. The summed E-state index contributed by atoms with van der Waals surface area (Å²) >= 11 is 0. The van der Waals surface area contributed by atoms with E-state index in [1.54, 1.807) is 0 Å². The number of nitrogens with zero attached hydrogens (tertiary/aromatic N) is 2. The van der Waals surface area contributed by atoms with Crippen LogP contribution < -0.4 is 4.90 Å². The second kappa shape index (κ2) is 15.9. The van der Waals surface area contributed by atoms with Gasteiger partial charge in [-0.3, -0.25) is 0 Å². The summed E-state index contributed by atoms with van der Waals surface area (Å²) in [6.45, 7) is 0. The quantitative estimate of drug-likeness (QED) is 0.148. The van der Waals surface area contributed by atoms with Gasteiger partial charge in [-0.15, -0.1) is 0 Å². The first-order valence-electron chi connectivity index (χ1n) is 24.6. The van der Waals surface area contributed by atoms with Gasteiger partial charge in [0, 0.05) is 33.5 Å². The molecule has 0 fully saturated rings. The van der Waals surface area contributed by atoms with Crippen LogP contribution in [-0.4, -0.2) is 4.57 Å². The smallest absolute Gasteiger partial charge is 0.0716 e. The molecule has 3 aliphatic rings. The Morgan fingerprint density at radius 3 is 1.57 bits per heavy atom. The van der Waals surface area contributed by atoms with E-state index >= 15 is 0 Å². The van der Waals surface area contributed by atoms with Crippen LogP contribution in [0, 0.1) is 0 Å². The van der Waals surface area contributed by atoms with Crippen molar-refractivity contribution in [2.75, 3.05) is 4.90 Å². The zero-order chi connectivity index (χ0) is 46.2. The minimum Gasteiger partial charge on any atom is -0.310 e. The standard InChI is InChI=1S/C68H48N2/c1-5-20-47(21-6-1)48-36-40-53(41-37-48)69(55-44-45-65-59(46-55)57-29-14-18-35-64(57)70(65)52-26-11-4-12-27-52)54-42-38-51(39-43-54)67(49-22-7-2-8-23-49)61-32-16-17-33-62(61)68(50-24-9-3-10-25-50)60-31-15-13-28-56(60)58-30-19-34-63(67)66(58)68/h1-18,20-33,35-46H,19,34H2. The Kier molecular flexibility index (Phi) is 9.19. The molecule has 0 bridgehead atoms. The molecule has 2 unspecified atom stereocenters. The monoisotopic (exact) mass is 892 g/mol. The average molecular weight is 893 g/mol. The number of allylic oxidation sites excluding steroid dienone is 4. The zero-order valence-corrected chi connectivity index (χ0v) is 38.7. The van der Waals surface area contributed by atoms with Crippen LogP contribution in [0.5, 0.6) is 0 Å². The van der Waals surface area contributed by atoms with Gasteiger partial charge in [0.2, 0.25) is 0 Å². The summed E-state index contributed by atoms with van der Waals surface area (Å²) < 4.78 is 2.39. The number of anilines is 3. The summed E-state index contributed by atoms with van der Waals surface area (Å²) in [4.78, 5) is 2.44. The van der Waals surface area contributed by atoms with E-state index in [1.807, 2.05) is 0 Å². The molecule has 0 aliphatic heterocycles. The van der Waals surface area contributed by atoms with Crippen LogP contribution >= 0.6 is 0 Å². The molecule has 1 heterocycles. The maximum Gasteiger partial charge on any atom is 0.0716 e. The number of fused-ring (bicyclic) bond motifs is 8. The van der Waals surface area contributed by atoms with E-state index in [1.165, 1.54) is 88.6 Å². The molecule has 330 valence electrons. The number of benzene rings is 10. The molecule has 1 aromatic heterocycles. The van der Waals surface area contributed by atoms with E-state index in [-0.39, 0.29) is 0 Å². The van der Waals surface area contributed by atoms with Crippen molar-refractivity contribution < 1.29 is 0 Å². The molecule has 0 radical (unpaired) electrons. The molecule has 0 saturated heterocycles. The van der Waals surface area contributed by atoms with E-state index in [0.717, 1.165) is 35.6 Å². The summed E-state index contributed by atoms with van der Waals surface area (Å²) in [5.74, 6) is 0. The number of rotatable bonds is 8. The van der Waals surface area contributed by atoms with E-state index in [9.17, 15) is 0 Å². The third-order valence-corrected chi connectivity index (χ3v) is 15.6. The van der Waals surface area contributed by atoms with Crippen LogP contribution in [-0.2, 0) is 10.8 Å². The molecule has 70 heavy (non-hydrogen) atoms. The Bertz CT molecular complexity index is 3850. The van der Waals surface area contributed by atoms with Gasteiger partial charge >= 0.3 is 0 Å². The van der Waals surface area contributed by atoms with Crippen LogP contribution in [0.15, 0.2) is 278 Å². The fourth-order valence-corrected chi connectivity index (χ4v) is 12.9. The van der Waals surface area contributed by atoms with Crippen LogP contribution in [0.2, 0.25) is 0 Å². The molecule has 0 amide bonds. The van der Waals surface area contributed by atoms with Gasteiger partial charge in [-0.25, -0.2) is 0 Å². The lowest BCUT2D eigenvalue weighted by molar-refractivity contribution is 0.588. The number of para-hydroxylation sites is 2. The largest absolute Gasteiger partial charge is 0.310 e. The first kappa shape index (κ1) is 40.4. The van der Waals surface area contributed by atoms with Crippen molar-refractivity contribution in [2.45, 2.75) is 23.7 Å². The second-order valence-corrected chi connectivity index (χ2v) is 19.0. The van der Waals surface area contributed by atoms with Crippen molar-refractivity contribution in [1.82, 2.24) is 4.57 Å². The molecule has 2 atom stereocenters. The van der Waals surface area contributed by atoms with Crippen molar-refractivity contribution in [3.05, 3.63) is 317 Å². The third-order valence-electron chi connectivity index (χ3n) is 15.6. The molecule has 0 N–H and O–H groups in total. The Balaban J connectivity index is 0.997. The third kappa shape index (κ3) is 5.74. The minimum absolute atomic E-state index is 0.445. The maximum atomic E-state index is 2.53. The SMILES string of the molecule is C1=C2C3=C(CC1)C(c1ccccc1)(c1ccc(N(c4ccc(-c5ccccc5)cc4)c4ccc5c(c4)c4ccccc4n5-c4ccccc4)cc1)c1ccccc1C3(c1ccccc1)c1ccccc12. The topological polar surface area (TPSA) is 8.17 Å². The lowest BCUT2D eigenvalue weighted by Gasteiger charge is -2.51. The Morgan fingerprint density at radius 2 is 0.871 bits per heavy atom. The molecular formula is C68H48N2. The van der Waals surface area contributed by atoms with Crippen LogP contribution in [0.3, 0.4) is 0 Å². The lowest BCUT2D eigenvalue weighted by Crippen LogP contribution is -2.45. The van der Waals surface area contributed by atoms with E-state index in [4.69, 9.17) is 0 Å². The van der Waals surface area contributed by atoms with Crippen molar-refractivity contribution in [1.29, 1.82) is 0 Å². The fraction of sp³-hybridized carbons (Fsp3) is 0.0588. The van der Waals surface area contributed by atoms with Crippen LogP contribution in [0.4, 0.5) is 17.1 Å². The normalized spacial score (nSPS) is 17.7. The van der Waals surface area contributed by atoms with Gasteiger partial charge in [-0.2, -0.15) is 0 Å². The van der Waals surface area contributed by atoms with Gasteiger partial charge in [0.05, 0.1) is 21.9 Å². The van der Waals surface area contributed by atoms with Crippen LogP contribution in [0.25, 0.3) is 44.2 Å². The summed E-state index contributed by atoms with van der Waals surface area (Å²) in [6.07, 6.45) is 4.48. The van der Waals surface area contributed by atoms with Gasteiger partial charge in [-0.05, 0) is 140 Å². The summed E-state index contributed by atoms with van der Waals surface area (Å²) in [5.41, 5.74) is 21.9. The van der Waals surface area contributed by atoms with Crippen molar-refractivity contribution in [3.63, 3.8) is 0 Å². The highest BCUT2D eigenvalue weighted by molar-refractivity contribution is 6.11. The van der Waals surface area contributed by atoms with Crippen LogP contribution in [0.1, 0.15) is 51.8 Å². The highest BCUT2D eigenvalue weighted by atomic mass is 15.1. The van der Waals surface area contributed by atoms with E-state index < -0.39 is 10.8 Å². The Hall–Kier alpha value is -8.72. The predicted octanol–water partition coefficient (Wildman–Crippen LogP) is 17.1. The average Bonchev–Trinajstić information content (AvgIpc) is 3.94. The van der Waals surface area contributed by atoms with Gasteiger partial charge in [0.15, 0.2) is 0 Å². The van der Waals surface area contributed by atoms with E-state index in [0.29, 0.717) is 0 Å². The maximum absolute atomic E-state index is 2.53. The molecular weight excluding hydrogens is 845 g/mol. The van der Waals surface area contributed by atoms with Gasteiger partial charge in [0.25, 0.3) is 0 Å². The molecule has 3 aliphatic carbocycles. The highest BCUT2D eigenvalue weighted by Crippen LogP contribution is 2.68. The summed E-state index contributed by atoms with van der Waals surface area (Å²) in [5, 5.41) is 2.45. The zero-order valence-electron chi connectivity index (χ0n) is 38.7. The number of hydrogen-bond acceptors (Lipinski definition) is 1. The Morgan fingerprint density at radius 1 is 0.371 bits per heavy atom. The van der Waals surface area contributed by atoms with Gasteiger partial charge in [-0.1, -0.05) is 206 Å². The van der Waals surface area contributed by atoms with Gasteiger partial charge in [0.1, 0.15) is 0 Å². The first-order valence-corrected chi connectivity index (χ1v) is 24.6. The van der Waals surface area contributed by atoms with E-state index in [2.05, 4.69) is 276 Å². The minimum atomic E-state index is -0.550. The fourth-order valence-electron chi connectivity index (χ4n) is 12.9. The molecule has 2 nitrogen and oxygen atoms in total. The molecule has 0 saturated carbocycles. The lowest BCUT2D eigenvalue weighted by atomic mass is 9.50.